The van der Waals surface area contributed by atoms with E-state index >= 15 is 0 Å². The van der Waals surface area contributed by atoms with Crippen molar-refractivity contribution >= 4 is 10.9 Å². The van der Waals surface area contributed by atoms with E-state index < -0.39 is 0 Å². The van der Waals surface area contributed by atoms with Gasteiger partial charge in [-0.25, -0.2) is 0 Å². The van der Waals surface area contributed by atoms with E-state index in [9.17, 15) is 0 Å². The van der Waals surface area contributed by atoms with E-state index in [1.54, 1.807) is 0 Å². The van der Waals surface area contributed by atoms with Gasteiger partial charge in [0.25, 0.3) is 0 Å². The molecule has 0 unspecified atom stereocenters. The van der Waals surface area contributed by atoms with Gasteiger partial charge in [0.1, 0.15) is 0 Å². The first-order valence-electron chi connectivity index (χ1n) is 4.75. The molecule has 0 atom stereocenters. The van der Waals surface area contributed by atoms with Gasteiger partial charge in [-0.1, -0.05) is 19.4 Å². The fourth-order valence-electron chi connectivity index (χ4n) is 1.63. The molecule has 2 aromatic rings. The van der Waals surface area contributed by atoms with Crippen LogP contribution in [0, 0.1) is 6.92 Å². The maximum absolute atomic E-state index is 4.19. The van der Waals surface area contributed by atoms with Crippen LogP contribution >= 0.6 is 0 Å². The Bertz CT molecular complexity index is 420. The summed E-state index contributed by atoms with van der Waals surface area (Å²) in [5.41, 5.74) is 3.63. The molecule has 0 spiro atoms. The molecule has 2 rings (SSSR count). The monoisotopic (exact) mass is 176 g/mol. The zero-order valence-electron chi connectivity index (χ0n) is 8.09. The molecule has 13 heavy (non-hydrogen) atoms. The number of nitrogens with zero attached hydrogens (tertiary/aromatic N) is 1. The number of hydrogen-bond acceptors (Lipinski definition) is 1. The van der Waals surface area contributed by atoms with Crippen molar-refractivity contribution in [2.24, 2.45) is 0 Å². The maximum atomic E-state index is 4.19. The first kappa shape index (κ1) is 8.30. The lowest BCUT2D eigenvalue weighted by Gasteiger charge is -1.97. The molecule has 0 radical (unpaired) electrons. The van der Waals surface area contributed by atoms with Crippen molar-refractivity contribution in [3.63, 3.8) is 0 Å². The largest absolute Gasteiger partial charge is 0.282 e. The standard InChI is InChI=1S/C11H14N2.H2/c1-3-4-9-5-6-11-10(7-9)8(2)12-13-11;/h5-7H,3-4H2,1-2H3,(H,12,13);1H. The van der Waals surface area contributed by atoms with Crippen LogP contribution in [0.25, 0.3) is 10.9 Å². The molecule has 0 aliphatic rings. The zero-order valence-corrected chi connectivity index (χ0v) is 8.09. The summed E-state index contributed by atoms with van der Waals surface area (Å²) >= 11 is 0. The van der Waals surface area contributed by atoms with Gasteiger partial charge in [0.2, 0.25) is 0 Å². The highest BCUT2D eigenvalue weighted by molar-refractivity contribution is 5.81. The molecule has 0 amide bonds. The summed E-state index contributed by atoms with van der Waals surface area (Å²) in [6.07, 6.45) is 2.35. The number of hydrogen-bond donors (Lipinski definition) is 1. The second-order valence-corrected chi connectivity index (χ2v) is 3.45. The van der Waals surface area contributed by atoms with Crippen molar-refractivity contribution in [3.8, 4) is 0 Å². The molecule has 1 heterocycles. The van der Waals surface area contributed by atoms with Crippen LogP contribution < -0.4 is 0 Å². The van der Waals surface area contributed by atoms with E-state index in [-0.39, 0.29) is 1.43 Å². The lowest BCUT2D eigenvalue weighted by molar-refractivity contribution is 0.923. The lowest BCUT2D eigenvalue weighted by Crippen LogP contribution is -1.82. The molecule has 0 saturated heterocycles. The summed E-state index contributed by atoms with van der Waals surface area (Å²) < 4.78 is 0. The number of aryl methyl sites for hydroxylation is 2. The minimum absolute atomic E-state index is 0. The highest BCUT2D eigenvalue weighted by Crippen LogP contribution is 2.17. The smallest absolute Gasteiger partial charge is 0.0923 e. The molecule has 1 aromatic carbocycles. The fraction of sp³-hybridized carbons (Fsp3) is 0.364. The summed E-state index contributed by atoms with van der Waals surface area (Å²) in [5, 5.41) is 8.45. The molecule has 1 aromatic heterocycles. The molecule has 0 aliphatic heterocycles. The molecule has 1 N–H and O–H groups in total. The second-order valence-electron chi connectivity index (χ2n) is 3.45. The summed E-state index contributed by atoms with van der Waals surface area (Å²) in [4.78, 5) is 0. The van der Waals surface area contributed by atoms with Gasteiger partial charge < -0.3 is 0 Å². The number of aromatic amines is 1. The predicted octanol–water partition coefficient (Wildman–Crippen LogP) is 3.07. The molecular formula is C11H16N2. The van der Waals surface area contributed by atoms with Crippen LogP contribution in [0.5, 0.6) is 0 Å². The third-order valence-electron chi connectivity index (χ3n) is 2.35. The molecular weight excluding hydrogens is 160 g/mol. The Kier molecular flexibility index (Phi) is 2.05. The summed E-state index contributed by atoms with van der Waals surface area (Å²) in [7, 11) is 0. The highest BCUT2D eigenvalue weighted by Gasteiger charge is 2.01. The Morgan fingerprint density at radius 1 is 1.46 bits per heavy atom. The first-order chi connectivity index (χ1) is 6.31. The molecule has 0 aliphatic carbocycles. The molecule has 70 valence electrons. The van der Waals surface area contributed by atoms with Gasteiger partial charge in [0.15, 0.2) is 0 Å². The summed E-state index contributed by atoms with van der Waals surface area (Å²) in [6.45, 7) is 4.26. The van der Waals surface area contributed by atoms with Crippen LogP contribution in [-0.4, -0.2) is 10.2 Å². The van der Waals surface area contributed by atoms with E-state index in [0.717, 1.165) is 17.6 Å². The van der Waals surface area contributed by atoms with Gasteiger partial charge in [-0.3, -0.25) is 5.10 Å². The lowest BCUT2D eigenvalue weighted by atomic mass is 10.1. The maximum Gasteiger partial charge on any atom is 0.0923 e. The Labute approximate surface area is 79.5 Å². The molecule has 0 saturated carbocycles. The van der Waals surface area contributed by atoms with Crippen molar-refractivity contribution in [2.75, 3.05) is 0 Å². The van der Waals surface area contributed by atoms with E-state index in [2.05, 4.69) is 42.2 Å². The normalized spacial score (nSPS) is 10.9. The van der Waals surface area contributed by atoms with Crippen molar-refractivity contribution in [2.45, 2.75) is 26.7 Å². The van der Waals surface area contributed by atoms with Crippen LogP contribution in [0.3, 0.4) is 0 Å². The number of nitrogens with one attached hydrogen (secondary N) is 1. The Morgan fingerprint density at radius 3 is 3.08 bits per heavy atom. The number of aromatic nitrogens is 2. The summed E-state index contributed by atoms with van der Waals surface area (Å²) in [5.74, 6) is 0. The van der Waals surface area contributed by atoms with Crippen molar-refractivity contribution < 1.29 is 1.43 Å². The molecule has 0 bridgehead atoms. The highest BCUT2D eigenvalue weighted by atomic mass is 15.1. The summed E-state index contributed by atoms with van der Waals surface area (Å²) in [6, 6.07) is 6.48. The van der Waals surface area contributed by atoms with Crippen LogP contribution in [0.15, 0.2) is 18.2 Å². The topological polar surface area (TPSA) is 28.7 Å². The zero-order chi connectivity index (χ0) is 9.26. The van der Waals surface area contributed by atoms with Gasteiger partial charge in [0.05, 0.1) is 5.52 Å². The fourth-order valence-corrected chi connectivity index (χ4v) is 1.63. The molecule has 0 fully saturated rings. The van der Waals surface area contributed by atoms with Gasteiger partial charge in [-0.05, 0) is 31.0 Å². The van der Waals surface area contributed by atoms with Crippen molar-refractivity contribution in [1.29, 1.82) is 0 Å². The van der Waals surface area contributed by atoms with Crippen LogP contribution in [0.4, 0.5) is 0 Å². The van der Waals surface area contributed by atoms with Gasteiger partial charge >= 0.3 is 0 Å². The average molecular weight is 176 g/mol. The van der Waals surface area contributed by atoms with Gasteiger partial charge in [0, 0.05) is 12.5 Å². The SMILES string of the molecule is CCCc1ccc2n[nH]c(C)c2c1.[HH]. The first-order valence-corrected chi connectivity index (χ1v) is 4.75. The minimum atomic E-state index is 0. The van der Waals surface area contributed by atoms with E-state index in [1.165, 1.54) is 17.4 Å². The van der Waals surface area contributed by atoms with Crippen molar-refractivity contribution in [1.82, 2.24) is 10.2 Å². The number of rotatable bonds is 2. The molecule has 2 nitrogen and oxygen atoms in total. The van der Waals surface area contributed by atoms with E-state index in [0.29, 0.717) is 0 Å². The Hall–Kier alpha value is -1.31. The molecule has 2 heteroatoms. The minimum Gasteiger partial charge on any atom is -0.282 e. The van der Waals surface area contributed by atoms with Crippen LogP contribution in [0.1, 0.15) is 26.0 Å². The van der Waals surface area contributed by atoms with E-state index in [4.69, 9.17) is 0 Å². The van der Waals surface area contributed by atoms with Crippen LogP contribution in [-0.2, 0) is 6.42 Å². The Morgan fingerprint density at radius 2 is 2.31 bits per heavy atom. The van der Waals surface area contributed by atoms with Gasteiger partial charge in [-0.2, -0.15) is 5.10 Å². The third kappa shape index (κ3) is 1.44. The average Bonchev–Trinajstić information content (AvgIpc) is 2.49. The van der Waals surface area contributed by atoms with Crippen molar-refractivity contribution in [3.05, 3.63) is 29.5 Å². The Balaban J connectivity index is 0.000000980. The number of fused-ring (bicyclic) bond motifs is 1. The van der Waals surface area contributed by atoms with Gasteiger partial charge in [-0.15, -0.1) is 0 Å². The second kappa shape index (κ2) is 3.21. The van der Waals surface area contributed by atoms with Crippen LogP contribution in [0.2, 0.25) is 0 Å². The van der Waals surface area contributed by atoms with E-state index in [1.807, 2.05) is 0 Å². The predicted molar refractivity (Wildman–Crippen MR) is 56.9 cm³/mol. The number of H-pyrrole nitrogens is 1. The third-order valence-corrected chi connectivity index (χ3v) is 2.35. The number of benzene rings is 1. The quantitative estimate of drug-likeness (QED) is 0.748.